The Kier molecular flexibility index (Phi) is 3.25. The summed E-state index contributed by atoms with van der Waals surface area (Å²) in [5.41, 5.74) is -1.76. The lowest BCUT2D eigenvalue weighted by molar-refractivity contribution is -0.130. The fraction of sp³-hybridized carbons (Fsp3) is 0.889. The third-order valence-corrected chi connectivity index (χ3v) is 2.25. The molecule has 0 aromatic rings. The number of hydrogen-bond acceptors (Lipinski definition) is 2. The van der Waals surface area contributed by atoms with Crippen LogP contribution in [0.15, 0.2) is 0 Å². The SMILES string of the molecule is CC(C)(F)C(=O)NCC1CCNC1. The van der Waals surface area contributed by atoms with Crippen molar-refractivity contribution in [2.24, 2.45) is 5.92 Å². The molecule has 76 valence electrons. The molecule has 0 spiro atoms. The zero-order valence-electron chi connectivity index (χ0n) is 8.19. The molecule has 13 heavy (non-hydrogen) atoms. The van der Waals surface area contributed by atoms with Crippen LogP contribution in [0.5, 0.6) is 0 Å². The Balaban J connectivity index is 2.22. The zero-order chi connectivity index (χ0) is 9.90. The predicted molar refractivity (Wildman–Crippen MR) is 49.2 cm³/mol. The topological polar surface area (TPSA) is 41.1 Å². The Bertz CT molecular complexity index is 183. The molecule has 1 atom stereocenters. The second-order valence-corrected chi connectivity index (χ2v) is 4.04. The first-order valence-electron chi connectivity index (χ1n) is 4.68. The Morgan fingerprint density at radius 2 is 2.38 bits per heavy atom. The summed E-state index contributed by atoms with van der Waals surface area (Å²) in [4.78, 5) is 11.1. The molecule has 3 nitrogen and oxygen atoms in total. The smallest absolute Gasteiger partial charge is 0.257 e. The van der Waals surface area contributed by atoms with Crippen molar-refractivity contribution in [3.05, 3.63) is 0 Å². The van der Waals surface area contributed by atoms with Gasteiger partial charge in [-0.05, 0) is 39.3 Å². The molecule has 1 saturated heterocycles. The van der Waals surface area contributed by atoms with Crippen molar-refractivity contribution in [2.45, 2.75) is 25.9 Å². The number of hydrogen-bond donors (Lipinski definition) is 2. The highest BCUT2D eigenvalue weighted by Crippen LogP contribution is 2.09. The number of alkyl halides is 1. The molecule has 1 aliphatic rings. The van der Waals surface area contributed by atoms with E-state index in [0.717, 1.165) is 19.5 Å². The first-order valence-corrected chi connectivity index (χ1v) is 4.68. The number of halogens is 1. The molecular formula is C9H17FN2O. The molecule has 0 aromatic carbocycles. The van der Waals surface area contributed by atoms with E-state index in [1.54, 1.807) is 0 Å². The van der Waals surface area contributed by atoms with Crippen LogP contribution in [0.3, 0.4) is 0 Å². The molecule has 0 bridgehead atoms. The van der Waals surface area contributed by atoms with Crippen LogP contribution in [0.1, 0.15) is 20.3 Å². The maximum atomic E-state index is 13.0. The normalized spacial score (nSPS) is 23.2. The van der Waals surface area contributed by atoms with E-state index in [9.17, 15) is 9.18 Å². The lowest BCUT2D eigenvalue weighted by Gasteiger charge is -2.16. The zero-order valence-corrected chi connectivity index (χ0v) is 8.19. The van der Waals surface area contributed by atoms with E-state index in [1.807, 2.05) is 0 Å². The Morgan fingerprint density at radius 3 is 2.85 bits per heavy atom. The number of nitrogens with one attached hydrogen (secondary N) is 2. The summed E-state index contributed by atoms with van der Waals surface area (Å²) in [7, 11) is 0. The second kappa shape index (κ2) is 4.05. The third-order valence-electron chi connectivity index (χ3n) is 2.25. The fourth-order valence-corrected chi connectivity index (χ4v) is 1.34. The minimum absolute atomic E-state index is 0.464. The summed E-state index contributed by atoms with van der Waals surface area (Å²) in [6.07, 6.45) is 1.06. The van der Waals surface area contributed by atoms with Gasteiger partial charge in [0.2, 0.25) is 0 Å². The fourth-order valence-electron chi connectivity index (χ4n) is 1.34. The van der Waals surface area contributed by atoms with E-state index in [2.05, 4.69) is 10.6 Å². The largest absolute Gasteiger partial charge is 0.353 e. The van der Waals surface area contributed by atoms with Crippen LogP contribution in [0.25, 0.3) is 0 Å². The van der Waals surface area contributed by atoms with Gasteiger partial charge in [-0.3, -0.25) is 4.79 Å². The van der Waals surface area contributed by atoms with Crippen LogP contribution in [0.4, 0.5) is 4.39 Å². The molecule has 1 rings (SSSR count). The monoisotopic (exact) mass is 188 g/mol. The van der Waals surface area contributed by atoms with Gasteiger partial charge in [-0.2, -0.15) is 0 Å². The van der Waals surface area contributed by atoms with Crippen LogP contribution in [-0.4, -0.2) is 31.2 Å². The molecule has 1 fully saturated rings. The first-order chi connectivity index (χ1) is 6.00. The Hall–Kier alpha value is -0.640. The van der Waals surface area contributed by atoms with Crippen LogP contribution in [-0.2, 0) is 4.79 Å². The van der Waals surface area contributed by atoms with Crippen molar-refractivity contribution in [1.29, 1.82) is 0 Å². The molecule has 1 heterocycles. The minimum atomic E-state index is -1.76. The van der Waals surface area contributed by atoms with E-state index in [0.29, 0.717) is 12.5 Å². The average molecular weight is 188 g/mol. The number of amides is 1. The summed E-state index contributed by atoms with van der Waals surface area (Å²) in [5.74, 6) is -0.0503. The van der Waals surface area contributed by atoms with Gasteiger partial charge >= 0.3 is 0 Å². The quantitative estimate of drug-likeness (QED) is 0.675. The number of carbonyl (C=O) groups excluding carboxylic acids is 1. The van der Waals surface area contributed by atoms with Gasteiger partial charge in [0.15, 0.2) is 5.67 Å². The van der Waals surface area contributed by atoms with E-state index >= 15 is 0 Å². The number of rotatable bonds is 3. The molecule has 1 aliphatic heterocycles. The number of carbonyl (C=O) groups is 1. The van der Waals surface area contributed by atoms with Crippen molar-refractivity contribution in [2.75, 3.05) is 19.6 Å². The molecular weight excluding hydrogens is 171 g/mol. The van der Waals surface area contributed by atoms with Crippen LogP contribution in [0.2, 0.25) is 0 Å². The molecule has 2 N–H and O–H groups in total. The van der Waals surface area contributed by atoms with Gasteiger partial charge in [-0.15, -0.1) is 0 Å². The van der Waals surface area contributed by atoms with Crippen molar-refractivity contribution in [1.82, 2.24) is 10.6 Å². The van der Waals surface area contributed by atoms with Gasteiger partial charge in [0.25, 0.3) is 5.91 Å². The molecule has 0 aromatic heterocycles. The highest BCUT2D eigenvalue weighted by Gasteiger charge is 2.27. The van der Waals surface area contributed by atoms with E-state index in [1.165, 1.54) is 13.8 Å². The highest BCUT2D eigenvalue weighted by molar-refractivity contribution is 5.84. The van der Waals surface area contributed by atoms with Gasteiger partial charge in [0, 0.05) is 6.54 Å². The van der Waals surface area contributed by atoms with E-state index in [4.69, 9.17) is 0 Å². The summed E-state index contributed by atoms with van der Waals surface area (Å²) in [5, 5.41) is 5.80. The lowest BCUT2D eigenvalue weighted by Crippen LogP contribution is -2.41. The lowest BCUT2D eigenvalue weighted by atomic mass is 10.1. The van der Waals surface area contributed by atoms with Crippen LogP contribution in [0, 0.1) is 5.92 Å². The molecule has 1 unspecified atom stereocenters. The van der Waals surface area contributed by atoms with Crippen molar-refractivity contribution >= 4 is 5.91 Å². The standard InChI is InChI=1S/C9H17FN2O/c1-9(2,10)8(13)12-6-7-3-4-11-5-7/h7,11H,3-6H2,1-2H3,(H,12,13). The Labute approximate surface area is 78.1 Å². The van der Waals surface area contributed by atoms with Crippen molar-refractivity contribution < 1.29 is 9.18 Å². The van der Waals surface area contributed by atoms with E-state index in [-0.39, 0.29) is 0 Å². The minimum Gasteiger partial charge on any atom is -0.353 e. The third kappa shape index (κ3) is 3.30. The molecule has 4 heteroatoms. The predicted octanol–water partition coefficient (Wildman–Crippen LogP) is 0.460. The summed E-state index contributed by atoms with van der Waals surface area (Å²) in [6.45, 7) is 5.05. The van der Waals surface area contributed by atoms with Crippen molar-refractivity contribution in [3.8, 4) is 0 Å². The van der Waals surface area contributed by atoms with Gasteiger partial charge in [-0.1, -0.05) is 0 Å². The van der Waals surface area contributed by atoms with Gasteiger partial charge in [0.05, 0.1) is 0 Å². The summed E-state index contributed by atoms with van der Waals surface area (Å²) in [6, 6.07) is 0. The molecule has 1 amide bonds. The van der Waals surface area contributed by atoms with E-state index < -0.39 is 11.6 Å². The molecule has 0 saturated carbocycles. The van der Waals surface area contributed by atoms with Crippen LogP contribution >= 0.6 is 0 Å². The summed E-state index contributed by atoms with van der Waals surface area (Å²) < 4.78 is 13.0. The van der Waals surface area contributed by atoms with Gasteiger partial charge in [0.1, 0.15) is 0 Å². The molecule has 0 aliphatic carbocycles. The van der Waals surface area contributed by atoms with Gasteiger partial charge in [-0.25, -0.2) is 4.39 Å². The summed E-state index contributed by atoms with van der Waals surface area (Å²) >= 11 is 0. The maximum Gasteiger partial charge on any atom is 0.257 e. The first kappa shape index (κ1) is 10.4. The second-order valence-electron chi connectivity index (χ2n) is 4.04. The van der Waals surface area contributed by atoms with Crippen molar-refractivity contribution in [3.63, 3.8) is 0 Å². The maximum absolute atomic E-state index is 13.0. The highest BCUT2D eigenvalue weighted by atomic mass is 19.1. The average Bonchev–Trinajstić information content (AvgIpc) is 2.50. The van der Waals surface area contributed by atoms with Gasteiger partial charge < -0.3 is 10.6 Å². The Morgan fingerprint density at radius 1 is 1.69 bits per heavy atom. The van der Waals surface area contributed by atoms with Crippen LogP contribution < -0.4 is 10.6 Å². The molecule has 0 radical (unpaired) electrons.